The first-order valence-corrected chi connectivity index (χ1v) is 8.76. The third-order valence-electron chi connectivity index (χ3n) is 4.33. The fourth-order valence-corrected chi connectivity index (χ4v) is 2.56. The number of hydrogen-bond acceptors (Lipinski definition) is 4. The zero-order valence-electron chi connectivity index (χ0n) is 15.5. The van der Waals surface area contributed by atoms with Crippen molar-refractivity contribution in [2.24, 2.45) is 5.92 Å². The maximum Gasteiger partial charge on any atom is 0.392 e. The van der Waals surface area contributed by atoms with Crippen LogP contribution in [0.2, 0.25) is 0 Å². The zero-order valence-corrected chi connectivity index (χ0v) is 15.5. The van der Waals surface area contributed by atoms with Gasteiger partial charge in [0.1, 0.15) is 12.2 Å². The molecule has 0 bridgehead atoms. The third kappa shape index (κ3) is 6.40. The minimum absolute atomic E-state index is 0.149. The van der Waals surface area contributed by atoms with E-state index < -0.39 is 42.7 Å². The largest absolute Gasteiger partial charge is 0.459 e. The number of ether oxygens (including phenoxy) is 2. The van der Waals surface area contributed by atoms with Gasteiger partial charge in [-0.3, -0.25) is 0 Å². The second-order valence-electron chi connectivity index (χ2n) is 6.46. The molecule has 0 spiro atoms. The van der Waals surface area contributed by atoms with Gasteiger partial charge >= 0.3 is 18.1 Å². The van der Waals surface area contributed by atoms with E-state index in [1.807, 2.05) is 0 Å². The van der Waals surface area contributed by atoms with Crippen LogP contribution in [0.4, 0.5) is 13.2 Å². The van der Waals surface area contributed by atoms with Crippen LogP contribution < -0.4 is 0 Å². The highest BCUT2D eigenvalue weighted by Crippen LogP contribution is 2.29. The Labute approximate surface area is 161 Å². The number of carbonyl (C=O) groups excluding carboxylic acids is 2. The van der Waals surface area contributed by atoms with Crippen LogP contribution in [0.15, 0.2) is 60.7 Å². The van der Waals surface area contributed by atoms with Crippen molar-refractivity contribution in [1.29, 1.82) is 0 Å². The number of rotatable bonds is 7. The number of hydrogen-bond donors (Lipinski definition) is 0. The molecule has 28 heavy (non-hydrogen) atoms. The Bertz CT molecular complexity index is 775. The normalized spacial score (nSPS) is 14.6. The summed E-state index contributed by atoms with van der Waals surface area (Å²) in [4.78, 5) is 24.4. The van der Waals surface area contributed by atoms with Gasteiger partial charge in [-0.15, -0.1) is 0 Å². The highest BCUT2D eigenvalue weighted by atomic mass is 19.4. The van der Waals surface area contributed by atoms with Crippen LogP contribution >= 0.6 is 0 Å². The third-order valence-corrected chi connectivity index (χ3v) is 4.33. The second-order valence-corrected chi connectivity index (χ2v) is 6.46. The summed E-state index contributed by atoms with van der Waals surface area (Å²) in [6, 6.07) is 15.9. The lowest BCUT2D eigenvalue weighted by Crippen LogP contribution is -2.37. The summed E-state index contributed by atoms with van der Waals surface area (Å²) in [7, 11) is 0. The first kappa shape index (κ1) is 21.5. The molecule has 2 aromatic rings. The maximum atomic E-state index is 13.0. The molecule has 3 unspecified atom stereocenters. The molecule has 2 aromatic carbocycles. The fourth-order valence-electron chi connectivity index (χ4n) is 2.56. The van der Waals surface area contributed by atoms with Gasteiger partial charge in [0, 0.05) is 5.92 Å². The van der Waals surface area contributed by atoms with Gasteiger partial charge in [-0.25, -0.2) is 9.59 Å². The minimum Gasteiger partial charge on any atom is -0.459 e. The molecule has 0 heterocycles. The lowest BCUT2D eigenvalue weighted by molar-refractivity contribution is -0.163. The number of esters is 2. The van der Waals surface area contributed by atoms with E-state index >= 15 is 0 Å². The summed E-state index contributed by atoms with van der Waals surface area (Å²) in [6.07, 6.45) is -8.27. The van der Waals surface area contributed by atoms with Gasteiger partial charge in [-0.2, -0.15) is 13.2 Å². The molecular formula is C21H21F3O4. The van der Waals surface area contributed by atoms with E-state index in [0.717, 1.165) is 0 Å². The Balaban J connectivity index is 2.10. The predicted molar refractivity (Wildman–Crippen MR) is 96.8 cm³/mol. The molecule has 0 fully saturated rings. The van der Waals surface area contributed by atoms with E-state index in [1.54, 1.807) is 48.5 Å². The molecule has 3 atom stereocenters. The molecule has 2 rings (SSSR count). The van der Waals surface area contributed by atoms with Crippen molar-refractivity contribution in [2.45, 2.75) is 38.7 Å². The lowest BCUT2D eigenvalue weighted by atomic mass is 9.96. The summed E-state index contributed by atoms with van der Waals surface area (Å²) in [5.41, 5.74) is 0.436. The first-order valence-electron chi connectivity index (χ1n) is 8.76. The van der Waals surface area contributed by atoms with Gasteiger partial charge in [0.15, 0.2) is 0 Å². The van der Waals surface area contributed by atoms with Crippen LogP contribution in [-0.2, 0) is 9.47 Å². The van der Waals surface area contributed by atoms with E-state index in [-0.39, 0.29) is 11.1 Å². The molecule has 0 N–H and O–H groups in total. The molecule has 4 nitrogen and oxygen atoms in total. The molecule has 0 saturated carbocycles. The van der Waals surface area contributed by atoms with Gasteiger partial charge in [0.05, 0.1) is 17.5 Å². The monoisotopic (exact) mass is 394 g/mol. The maximum absolute atomic E-state index is 13.0. The summed E-state index contributed by atoms with van der Waals surface area (Å²) in [5, 5.41) is 0. The zero-order chi connectivity index (χ0) is 20.7. The Kier molecular flexibility index (Phi) is 7.20. The highest BCUT2D eigenvalue weighted by Gasteiger charge is 2.39. The van der Waals surface area contributed by atoms with E-state index in [9.17, 15) is 22.8 Å². The van der Waals surface area contributed by atoms with Gasteiger partial charge < -0.3 is 9.47 Å². The molecule has 0 amide bonds. The van der Waals surface area contributed by atoms with Crippen molar-refractivity contribution in [3.63, 3.8) is 0 Å². The number of carbonyl (C=O) groups is 2. The molecule has 0 aromatic heterocycles. The number of halogens is 3. The lowest BCUT2D eigenvalue weighted by Gasteiger charge is -2.29. The SMILES string of the molecule is CC(OC(=O)c1ccccc1)C(C)C(CC(F)(F)F)OC(=O)c1ccccc1. The van der Waals surface area contributed by atoms with Crippen LogP contribution in [0.1, 0.15) is 41.0 Å². The van der Waals surface area contributed by atoms with Crippen LogP contribution in [-0.4, -0.2) is 30.3 Å². The van der Waals surface area contributed by atoms with Crippen LogP contribution in [0.3, 0.4) is 0 Å². The minimum atomic E-state index is -4.54. The summed E-state index contributed by atoms with van der Waals surface area (Å²) in [6.45, 7) is 2.93. The molecule has 0 radical (unpaired) electrons. The van der Waals surface area contributed by atoms with Crippen molar-refractivity contribution in [3.8, 4) is 0 Å². The summed E-state index contributed by atoms with van der Waals surface area (Å²) < 4.78 is 49.4. The quantitative estimate of drug-likeness (QED) is 0.617. The highest BCUT2D eigenvalue weighted by molar-refractivity contribution is 5.90. The van der Waals surface area contributed by atoms with E-state index in [0.29, 0.717) is 0 Å². The topological polar surface area (TPSA) is 52.6 Å². The van der Waals surface area contributed by atoms with Gasteiger partial charge in [-0.05, 0) is 31.2 Å². The molecule has 0 aliphatic rings. The van der Waals surface area contributed by atoms with Crippen LogP contribution in [0.5, 0.6) is 0 Å². The Morgan fingerprint density at radius 3 is 1.68 bits per heavy atom. The number of benzene rings is 2. The van der Waals surface area contributed by atoms with Crippen molar-refractivity contribution < 1.29 is 32.2 Å². The van der Waals surface area contributed by atoms with Crippen molar-refractivity contribution in [1.82, 2.24) is 0 Å². The average Bonchev–Trinajstić information content (AvgIpc) is 2.67. The van der Waals surface area contributed by atoms with E-state index in [4.69, 9.17) is 9.47 Å². The summed E-state index contributed by atoms with van der Waals surface area (Å²) >= 11 is 0. The van der Waals surface area contributed by atoms with Crippen molar-refractivity contribution in [2.75, 3.05) is 0 Å². The smallest absolute Gasteiger partial charge is 0.392 e. The molecule has 150 valence electrons. The van der Waals surface area contributed by atoms with Gasteiger partial charge in [0.2, 0.25) is 0 Å². The molecular weight excluding hydrogens is 373 g/mol. The number of alkyl halides is 3. The fraction of sp³-hybridized carbons (Fsp3) is 0.333. The molecule has 0 saturated heterocycles. The van der Waals surface area contributed by atoms with Gasteiger partial charge in [-0.1, -0.05) is 43.3 Å². The van der Waals surface area contributed by atoms with Crippen molar-refractivity contribution >= 4 is 11.9 Å². The summed E-state index contributed by atoms with van der Waals surface area (Å²) in [5.74, 6) is -2.38. The first-order chi connectivity index (χ1) is 13.2. The Morgan fingerprint density at radius 1 is 0.821 bits per heavy atom. The Hall–Kier alpha value is -2.83. The van der Waals surface area contributed by atoms with Gasteiger partial charge in [0.25, 0.3) is 0 Å². The molecule has 0 aliphatic heterocycles. The molecule has 7 heteroatoms. The second kappa shape index (κ2) is 9.39. The average molecular weight is 394 g/mol. The standard InChI is InChI=1S/C21H21F3O4/c1-14(15(2)27-19(25)16-9-5-3-6-10-16)18(13-21(22,23)24)28-20(26)17-11-7-4-8-12-17/h3-12,14-15,18H,13H2,1-2H3. The van der Waals surface area contributed by atoms with Crippen LogP contribution in [0.25, 0.3) is 0 Å². The van der Waals surface area contributed by atoms with Crippen LogP contribution in [0, 0.1) is 5.92 Å². The van der Waals surface area contributed by atoms with E-state index in [1.165, 1.54) is 26.0 Å². The predicted octanol–water partition coefficient (Wildman–Crippen LogP) is 5.05. The van der Waals surface area contributed by atoms with E-state index in [2.05, 4.69) is 0 Å². The molecule has 0 aliphatic carbocycles. The Morgan fingerprint density at radius 2 is 1.25 bits per heavy atom. The van der Waals surface area contributed by atoms with Crippen molar-refractivity contribution in [3.05, 3.63) is 71.8 Å².